The summed E-state index contributed by atoms with van der Waals surface area (Å²) in [6, 6.07) is 15.8. The third-order valence-electron chi connectivity index (χ3n) is 5.29. The lowest BCUT2D eigenvalue weighted by atomic mass is 10.1. The van der Waals surface area contributed by atoms with Crippen molar-refractivity contribution in [3.63, 3.8) is 0 Å². The minimum absolute atomic E-state index is 0. The van der Waals surface area contributed by atoms with Gasteiger partial charge < -0.3 is 25.3 Å². The molecule has 0 bridgehead atoms. The van der Waals surface area contributed by atoms with E-state index >= 15 is 0 Å². The van der Waals surface area contributed by atoms with Crippen molar-refractivity contribution in [1.29, 1.82) is 0 Å². The summed E-state index contributed by atoms with van der Waals surface area (Å²) in [5.74, 6) is 0.845. The summed E-state index contributed by atoms with van der Waals surface area (Å²) >= 11 is 1.80. The van der Waals surface area contributed by atoms with Gasteiger partial charge in [-0.15, -0.1) is 35.3 Å². The first kappa shape index (κ1) is 24.1. The van der Waals surface area contributed by atoms with Gasteiger partial charge >= 0.3 is 0 Å². The molecule has 170 valence electrons. The van der Waals surface area contributed by atoms with Gasteiger partial charge in [-0.25, -0.2) is 0 Å². The van der Waals surface area contributed by atoms with Crippen molar-refractivity contribution < 1.29 is 9.21 Å². The molecule has 0 radical (unpaired) electrons. The van der Waals surface area contributed by atoms with Crippen LogP contribution in [-0.4, -0.2) is 38.0 Å². The number of amides is 1. The topological polar surface area (TPSA) is 81.9 Å². The molecule has 9 heteroatoms. The molecule has 3 N–H and O–H groups in total. The molecule has 1 saturated heterocycles. The first-order chi connectivity index (χ1) is 15.2. The van der Waals surface area contributed by atoms with Crippen LogP contribution in [0.25, 0.3) is 0 Å². The van der Waals surface area contributed by atoms with Gasteiger partial charge in [-0.05, 0) is 60.2 Å². The monoisotopic (exact) mass is 565 g/mol. The average molecular weight is 565 g/mol. The van der Waals surface area contributed by atoms with Gasteiger partial charge in [-0.1, -0.05) is 12.1 Å². The second-order valence-electron chi connectivity index (χ2n) is 7.41. The van der Waals surface area contributed by atoms with E-state index in [1.807, 2.05) is 24.3 Å². The Hall–Kier alpha value is -2.53. The lowest BCUT2D eigenvalue weighted by Crippen LogP contribution is -2.48. The van der Waals surface area contributed by atoms with Crippen LogP contribution in [0.5, 0.6) is 0 Å². The van der Waals surface area contributed by atoms with E-state index in [-0.39, 0.29) is 29.9 Å². The Bertz CT molecular complexity index is 982. The summed E-state index contributed by atoms with van der Waals surface area (Å²) in [6.45, 7) is 2.76. The molecule has 0 aliphatic carbocycles. The van der Waals surface area contributed by atoms with E-state index < -0.39 is 0 Å². The van der Waals surface area contributed by atoms with Crippen LogP contribution in [0, 0.1) is 0 Å². The Morgan fingerprint density at radius 2 is 1.94 bits per heavy atom. The number of rotatable bonds is 6. The maximum Gasteiger partial charge on any atom is 0.291 e. The van der Waals surface area contributed by atoms with Crippen LogP contribution in [0.2, 0.25) is 0 Å². The standard InChI is InChI=1S/C23H27N5O2S.HI/c1-24-23(27-19-10-12-28(13-11-19)21-5-3-15-31-21)25-16-17-6-8-18(9-7-17)26-22(29)20-4-2-14-30-20;/h2-9,14-15,19H,10-13,16H2,1H3,(H,26,29)(H2,24,25,27);1H. The molecule has 1 aliphatic rings. The number of furan rings is 1. The summed E-state index contributed by atoms with van der Waals surface area (Å²) in [6.07, 6.45) is 3.66. The van der Waals surface area contributed by atoms with Gasteiger partial charge in [0.2, 0.25) is 0 Å². The third kappa shape index (κ3) is 6.49. The number of anilines is 2. The van der Waals surface area contributed by atoms with Gasteiger partial charge in [0.1, 0.15) is 0 Å². The van der Waals surface area contributed by atoms with Crippen LogP contribution in [0.15, 0.2) is 69.6 Å². The minimum Gasteiger partial charge on any atom is -0.459 e. The van der Waals surface area contributed by atoms with Crippen molar-refractivity contribution in [1.82, 2.24) is 10.6 Å². The molecule has 0 saturated carbocycles. The van der Waals surface area contributed by atoms with E-state index in [4.69, 9.17) is 4.42 Å². The molecule has 0 spiro atoms. The van der Waals surface area contributed by atoms with Crippen LogP contribution in [-0.2, 0) is 6.54 Å². The van der Waals surface area contributed by atoms with Gasteiger partial charge in [-0.2, -0.15) is 0 Å². The molecule has 4 rings (SSSR count). The number of hydrogen-bond donors (Lipinski definition) is 3. The number of benzene rings is 1. The second kappa shape index (κ2) is 11.9. The quantitative estimate of drug-likeness (QED) is 0.232. The van der Waals surface area contributed by atoms with E-state index in [1.54, 1.807) is 30.5 Å². The normalized spacial score (nSPS) is 14.5. The number of carbonyl (C=O) groups excluding carboxylic acids is 1. The number of carbonyl (C=O) groups is 1. The fourth-order valence-corrected chi connectivity index (χ4v) is 4.36. The molecule has 0 atom stereocenters. The maximum atomic E-state index is 12.0. The lowest BCUT2D eigenvalue weighted by molar-refractivity contribution is 0.0996. The van der Waals surface area contributed by atoms with E-state index in [1.165, 1.54) is 11.3 Å². The lowest BCUT2D eigenvalue weighted by Gasteiger charge is -2.33. The molecule has 32 heavy (non-hydrogen) atoms. The van der Waals surface area contributed by atoms with E-state index in [9.17, 15) is 4.79 Å². The number of guanidine groups is 1. The largest absolute Gasteiger partial charge is 0.459 e. The number of nitrogens with zero attached hydrogens (tertiary/aromatic N) is 2. The molecule has 3 heterocycles. The number of piperidine rings is 1. The SMILES string of the molecule is CN=C(NCc1ccc(NC(=O)c2ccco2)cc1)NC1CCN(c2cccs2)CC1.I. The molecular weight excluding hydrogens is 537 g/mol. The number of aliphatic imine (C=N–C) groups is 1. The number of thiophene rings is 1. The Morgan fingerprint density at radius 3 is 2.56 bits per heavy atom. The molecular formula is C23H28IN5O2S. The zero-order valence-corrected chi connectivity index (χ0v) is 21.1. The summed E-state index contributed by atoms with van der Waals surface area (Å²) < 4.78 is 5.11. The Morgan fingerprint density at radius 1 is 1.16 bits per heavy atom. The van der Waals surface area contributed by atoms with Crippen molar-refractivity contribution in [2.75, 3.05) is 30.4 Å². The highest BCUT2D eigenvalue weighted by molar-refractivity contribution is 14.0. The Balaban J connectivity index is 0.00000289. The molecule has 3 aromatic rings. The van der Waals surface area contributed by atoms with Crippen LogP contribution >= 0.6 is 35.3 Å². The van der Waals surface area contributed by atoms with Crippen LogP contribution in [0.1, 0.15) is 29.0 Å². The predicted octanol–water partition coefficient (Wildman–Crippen LogP) is 4.55. The second-order valence-corrected chi connectivity index (χ2v) is 8.34. The van der Waals surface area contributed by atoms with Crippen LogP contribution in [0.4, 0.5) is 10.7 Å². The molecule has 1 aromatic carbocycles. The van der Waals surface area contributed by atoms with Crippen molar-refractivity contribution in [3.8, 4) is 0 Å². The van der Waals surface area contributed by atoms with Crippen molar-refractivity contribution in [2.24, 2.45) is 4.99 Å². The number of halogens is 1. The molecule has 1 amide bonds. The zero-order chi connectivity index (χ0) is 21.5. The highest BCUT2D eigenvalue weighted by atomic mass is 127. The maximum absolute atomic E-state index is 12.0. The van der Waals surface area contributed by atoms with E-state index in [2.05, 4.69) is 43.4 Å². The Kier molecular flexibility index (Phi) is 8.98. The molecule has 0 unspecified atom stereocenters. The number of nitrogens with one attached hydrogen (secondary N) is 3. The van der Waals surface area contributed by atoms with Gasteiger partial charge in [0.05, 0.1) is 11.3 Å². The van der Waals surface area contributed by atoms with Gasteiger partial charge in [0, 0.05) is 38.4 Å². The first-order valence-corrected chi connectivity index (χ1v) is 11.3. The van der Waals surface area contributed by atoms with E-state index in [0.29, 0.717) is 18.3 Å². The summed E-state index contributed by atoms with van der Waals surface area (Å²) in [4.78, 5) is 18.9. The average Bonchev–Trinajstić information content (AvgIpc) is 3.53. The fourth-order valence-electron chi connectivity index (χ4n) is 3.57. The molecule has 7 nitrogen and oxygen atoms in total. The third-order valence-corrected chi connectivity index (χ3v) is 6.22. The highest BCUT2D eigenvalue weighted by Gasteiger charge is 2.20. The van der Waals surface area contributed by atoms with E-state index in [0.717, 1.165) is 43.1 Å². The number of hydrogen-bond acceptors (Lipinski definition) is 5. The Labute approximate surface area is 209 Å². The van der Waals surface area contributed by atoms with Crippen LogP contribution in [0.3, 0.4) is 0 Å². The smallest absolute Gasteiger partial charge is 0.291 e. The predicted molar refractivity (Wildman–Crippen MR) is 141 cm³/mol. The van der Waals surface area contributed by atoms with Crippen LogP contribution < -0.4 is 20.9 Å². The fraction of sp³-hybridized carbons (Fsp3) is 0.304. The summed E-state index contributed by atoms with van der Waals surface area (Å²) in [5.41, 5.74) is 1.83. The van der Waals surface area contributed by atoms with Gasteiger partial charge in [0.25, 0.3) is 5.91 Å². The molecule has 1 fully saturated rings. The highest BCUT2D eigenvalue weighted by Crippen LogP contribution is 2.24. The molecule has 2 aromatic heterocycles. The van der Waals surface area contributed by atoms with Gasteiger partial charge in [-0.3, -0.25) is 9.79 Å². The summed E-state index contributed by atoms with van der Waals surface area (Å²) in [7, 11) is 1.80. The molecule has 1 aliphatic heterocycles. The van der Waals surface area contributed by atoms with Gasteiger partial charge in [0.15, 0.2) is 11.7 Å². The first-order valence-electron chi connectivity index (χ1n) is 10.4. The van der Waals surface area contributed by atoms with Crippen molar-refractivity contribution in [2.45, 2.75) is 25.4 Å². The minimum atomic E-state index is -0.259. The van der Waals surface area contributed by atoms with Crippen molar-refractivity contribution >= 4 is 57.9 Å². The van der Waals surface area contributed by atoms with Crippen molar-refractivity contribution in [3.05, 3.63) is 71.5 Å². The summed E-state index contributed by atoms with van der Waals surface area (Å²) in [5, 5.41) is 13.2. The zero-order valence-electron chi connectivity index (χ0n) is 17.9.